The van der Waals surface area contributed by atoms with Crippen molar-refractivity contribution in [1.29, 1.82) is 0 Å². The number of nitrogens with zero attached hydrogens (tertiary/aromatic N) is 1. The Labute approximate surface area is 135 Å². The van der Waals surface area contributed by atoms with E-state index in [1.54, 1.807) is 43.3 Å². The predicted octanol–water partition coefficient (Wildman–Crippen LogP) is 3.31. The summed E-state index contributed by atoms with van der Waals surface area (Å²) in [5, 5.41) is 0.580. The Morgan fingerprint density at radius 2 is 1.73 bits per heavy atom. The molecule has 0 unspecified atom stereocenters. The Bertz CT molecular complexity index is 813. The fraction of sp³-hybridized carbons (Fsp3) is 0.188. The molecule has 0 aliphatic heterocycles. The van der Waals surface area contributed by atoms with E-state index in [9.17, 15) is 8.42 Å². The fourth-order valence-corrected chi connectivity index (χ4v) is 3.55. The maximum Gasteiger partial charge on any atom is 0.263 e. The van der Waals surface area contributed by atoms with Crippen molar-refractivity contribution in [2.24, 2.45) is 4.99 Å². The molecule has 116 valence electrons. The third kappa shape index (κ3) is 3.67. The highest BCUT2D eigenvalue weighted by Crippen LogP contribution is 2.17. The van der Waals surface area contributed by atoms with Crippen LogP contribution in [0.25, 0.3) is 0 Å². The summed E-state index contributed by atoms with van der Waals surface area (Å²) in [4.78, 5) is 4.29. The molecule has 2 aromatic rings. The zero-order chi connectivity index (χ0) is 16.3. The van der Waals surface area contributed by atoms with E-state index in [4.69, 9.17) is 11.6 Å². The van der Waals surface area contributed by atoms with Gasteiger partial charge < -0.3 is 0 Å². The van der Waals surface area contributed by atoms with E-state index >= 15 is 0 Å². The summed E-state index contributed by atoms with van der Waals surface area (Å²) < 4.78 is 27.7. The Balaban J connectivity index is 2.38. The summed E-state index contributed by atoms with van der Waals surface area (Å²) in [6.45, 7) is 3.62. The van der Waals surface area contributed by atoms with E-state index in [2.05, 4.69) is 9.71 Å². The minimum atomic E-state index is -3.70. The van der Waals surface area contributed by atoms with Gasteiger partial charge in [-0.25, -0.2) is 8.42 Å². The van der Waals surface area contributed by atoms with Gasteiger partial charge in [-0.05, 0) is 55.3 Å². The molecule has 1 N–H and O–H groups in total. The molecule has 0 amide bonds. The lowest BCUT2D eigenvalue weighted by molar-refractivity contribution is 0.592. The SMILES string of the molecule is CN=C(NS(=O)(=O)c1cc(C)ccc1C)c1ccc(Cl)cc1. The van der Waals surface area contributed by atoms with Gasteiger partial charge in [0.25, 0.3) is 10.0 Å². The molecular formula is C16H17ClN2O2S. The number of amidine groups is 1. The summed E-state index contributed by atoms with van der Waals surface area (Å²) in [6, 6.07) is 12.1. The van der Waals surface area contributed by atoms with Crippen LogP contribution in [0.1, 0.15) is 16.7 Å². The van der Waals surface area contributed by atoms with Crippen LogP contribution in [0, 0.1) is 13.8 Å². The first-order valence-electron chi connectivity index (χ1n) is 6.66. The number of rotatable bonds is 3. The van der Waals surface area contributed by atoms with Crippen LogP contribution in [0.2, 0.25) is 5.02 Å². The molecule has 0 saturated heterocycles. The Morgan fingerprint density at radius 1 is 1.09 bits per heavy atom. The molecule has 0 radical (unpaired) electrons. The van der Waals surface area contributed by atoms with Gasteiger partial charge in [-0.2, -0.15) is 0 Å². The molecule has 0 fully saturated rings. The number of aliphatic imine (C=N–C) groups is 1. The van der Waals surface area contributed by atoms with Crippen LogP contribution in [-0.4, -0.2) is 21.3 Å². The number of nitrogens with one attached hydrogen (secondary N) is 1. The molecule has 4 nitrogen and oxygen atoms in total. The smallest absolute Gasteiger partial charge is 0.263 e. The van der Waals surface area contributed by atoms with Crippen molar-refractivity contribution in [3.05, 3.63) is 64.2 Å². The maximum atomic E-state index is 12.6. The van der Waals surface area contributed by atoms with Crippen LogP contribution < -0.4 is 4.72 Å². The van der Waals surface area contributed by atoms with Crippen LogP contribution in [-0.2, 0) is 10.0 Å². The fourth-order valence-electron chi connectivity index (χ4n) is 2.02. The molecule has 0 heterocycles. The van der Waals surface area contributed by atoms with Crippen molar-refractivity contribution >= 4 is 27.5 Å². The highest BCUT2D eigenvalue weighted by Gasteiger charge is 2.19. The van der Waals surface area contributed by atoms with Crippen LogP contribution in [0.15, 0.2) is 52.4 Å². The van der Waals surface area contributed by atoms with Crippen molar-refractivity contribution in [3.8, 4) is 0 Å². The molecule has 2 aromatic carbocycles. The van der Waals surface area contributed by atoms with E-state index < -0.39 is 10.0 Å². The van der Waals surface area contributed by atoms with E-state index in [0.29, 0.717) is 16.1 Å². The third-order valence-corrected chi connectivity index (χ3v) is 4.94. The molecule has 6 heteroatoms. The van der Waals surface area contributed by atoms with Gasteiger partial charge in [0, 0.05) is 17.6 Å². The zero-order valence-corrected chi connectivity index (χ0v) is 14.2. The Morgan fingerprint density at radius 3 is 2.32 bits per heavy atom. The van der Waals surface area contributed by atoms with Crippen LogP contribution in [0.3, 0.4) is 0 Å². The molecule has 0 spiro atoms. The van der Waals surface area contributed by atoms with Gasteiger partial charge in [-0.3, -0.25) is 9.71 Å². The van der Waals surface area contributed by atoms with Crippen LogP contribution in [0.5, 0.6) is 0 Å². The second-order valence-corrected chi connectivity index (χ2v) is 7.04. The highest BCUT2D eigenvalue weighted by molar-refractivity contribution is 7.90. The zero-order valence-electron chi connectivity index (χ0n) is 12.6. The van der Waals surface area contributed by atoms with Crippen LogP contribution in [0.4, 0.5) is 0 Å². The van der Waals surface area contributed by atoms with E-state index in [0.717, 1.165) is 5.56 Å². The van der Waals surface area contributed by atoms with Gasteiger partial charge in [-0.15, -0.1) is 0 Å². The normalized spacial score (nSPS) is 12.3. The minimum absolute atomic E-state index is 0.252. The first-order valence-corrected chi connectivity index (χ1v) is 8.52. The molecule has 0 aliphatic rings. The van der Waals surface area contributed by atoms with Crippen molar-refractivity contribution in [1.82, 2.24) is 4.72 Å². The molecule has 0 aromatic heterocycles. The van der Waals surface area contributed by atoms with E-state index in [1.165, 1.54) is 7.05 Å². The Kier molecular flexibility index (Phi) is 4.88. The molecule has 2 rings (SSSR count). The summed E-state index contributed by atoms with van der Waals surface area (Å²) >= 11 is 5.85. The standard InChI is InChI=1S/C16H17ClN2O2S/c1-11-4-5-12(2)15(10-11)22(20,21)19-16(18-3)13-6-8-14(17)9-7-13/h4-10H,1-3H3,(H,18,19). The molecule has 22 heavy (non-hydrogen) atoms. The number of sulfonamides is 1. The van der Waals surface area contributed by atoms with E-state index in [-0.39, 0.29) is 10.7 Å². The third-order valence-electron chi connectivity index (χ3n) is 3.21. The van der Waals surface area contributed by atoms with Gasteiger partial charge in [0.15, 0.2) is 0 Å². The summed E-state index contributed by atoms with van der Waals surface area (Å²) in [7, 11) is -2.16. The summed E-state index contributed by atoms with van der Waals surface area (Å²) in [5.41, 5.74) is 2.22. The first-order chi connectivity index (χ1) is 10.3. The van der Waals surface area contributed by atoms with Crippen molar-refractivity contribution in [2.75, 3.05) is 7.05 Å². The summed E-state index contributed by atoms with van der Waals surface area (Å²) in [5.74, 6) is 0.276. The second kappa shape index (κ2) is 6.50. The molecule has 0 atom stereocenters. The average molecular weight is 337 g/mol. The second-order valence-electron chi connectivity index (χ2n) is 4.95. The van der Waals surface area contributed by atoms with Crippen LogP contribution >= 0.6 is 11.6 Å². The number of hydrogen-bond acceptors (Lipinski definition) is 3. The lowest BCUT2D eigenvalue weighted by atomic mass is 10.2. The first kappa shape index (κ1) is 16.5. The quantitative estimate of drug-likeness (QED) is 0.690. The monoisotopic (exact) mass is 336 g/mol. The summed E-state index contributed by atoms with van der Waals surface area (Å²) in [6.07, 6.45) is 0. The van der Waals surface area contributed by atoms with E-state index in [1.807, 2.05) is 13.0 Å². The number of benzene rings is 2. The average Bonchev–Trinajstić information content (AvgIpc) is 2.48. The minimum Gasteiger partial charge on any atom is -0.271 e. The van der Waals surface area contributed by atoms with Crippen molar-refractivity contribution in [3.63, 3.8) is 0 Å². The highest BCUT2D eigenvalue weighted by atomic mass is 35.5. The van der Waals surface area contributed by atoms with Gasteiger partial charge >= 0.3 is 0 Å². The molecular weight excluding hydrogens is 320 g/mol. The molecule has 0 bridgehead atoms. The van der Waals surface area contributed by atoms with Gasteiger partial charge in [-0.1, -0.05) is 23.7 Å². The lowest BCUT2D eigenvalue weighted by Gasteiger charge is -2.13. The lowest BCUT2D eigenvalue weighted by Crippen LogP contribution is -2.31. The maximum absolute atomic E-state index is 12.6. The number of aryl methyl sites for hydroxylation is 2. The number of hydrogen-bond donors (Lipinski definition) is 1. The van der Waals surface area contributed by atoms with Gasteiger partial charge in [0.05, 0.1) is 4.90 Å². The van der Waals surface area contributed by atoms with Gasteiger partial charge in [0.2, 0.25) is 0 Å². The topological polar surface area (TPSA) is 58.5 Å². The van der Waals surface area contributed by atoms with Gasteiger partial charge in [0.1, 0.15) is 5.84 Å². The predicted molar refractivity (Wildman–Crippen MR) is 90.2 cm³/mol. The van der Waals surface area contributed by atoms with Crippen molar-refractivity contribution < 1.29 is 8.42 Å². The number of halogens is 1. The molecule has 0 aliphatic carbocycles. The largest absolute Gasteiger partial charge is 0.271 e. The molecule has 0 saturated carbocycles. The Hall–Kier alpha value is -1.85. The van der Waals surface area contributed by atoms with Crippen molar-refractivity contribution in [2.45, 2.75) is 18.7 Å².